The molecule has 1 amide bonds. The highest BCUT2D eigenvalue weighted by atomic mass is 32.2. The summed E-state index contributed by atoms with van der Waals surface area (Å²) in [5.41, 5.74) is -0.0879. The number of rotatable bonds is 8. The van der Waals surface area contributed by atoms with Crippen LogP contribution in [0, 0.1) is 16.0 Å². The molecule has 1 aromatic carbocycles. The molecule has 0 spiro atoms. The fraction of sp³-hybridized carbons (Fsp3) is 0.368. The van der Waals surface area contributed by atoms with Crippen molar-refractivity contribution in [3.8, 4) is 0 Å². The molecule has 11 nitrogen and oxygen atoms in total. The van der Waals surface area contributed by atoms with E-state index in [4.69, 9.17) is 4.74 Å². The highest BCUT2D eigenvalue weighted by molar-refractivity contribution is 7.90. The van der Waals surface area contributed by atoms with Crippen molar-refractivity contribution in [2.75, 3.05) is 38.2 Å². The molecule has 0 aliphatic carbocycles. The zero-order valence-electron chi connectivity index (χ0n) is 16.4. The van der Waals surface area contributed by atoms with Crippen molar-refractivity contribution in [2.24, 2.45) is 5.92 Å². The van der Waals surface area contributed by atoms with Gasteiger partial charge in [-0.3, -0.25) is 24.8 Å². The third-order valence-corrected chi connectivity index (χ3v) is 6.66. The molecule has 2 aliphatic heterocycles. The van der Waals surface area contributed by atoms with Crippen LogP contribution >= 0.6 is 0 Å². The summed E-state index contributed by atoms with van der Waals surface area (Å²) in [7, 11) is -4.30. The standard InChI is InChI=1S/C19H21N5O6S/c25-19(14-2-1-5-20-8-14)22-31(28,29)16-3-4-17(18(6-16)24(26)27)21-7-13-9-23(10-13)15-11-30-12-15/h1-6,8,13,15,21H,7,9-12H2,(H,22,25). The molecule has 0 saturated carbocycles. The van der Waals surface area contributed by atoms with E-state index in [9.17, 15) is 23.3 Å². The number of benzene rings is 1. The number of sulfonamides is 1. The summed E-state index contributed by atoms with van der Waals surface area (Å²) in [6.45, 7) is 3.82. The number of carbonyl (C=O) groups excluding carboxylic acids is 1. The molecule has 1 aromatic heterocycles. The number of hydrogen-bond acceptors (Lipinski definition) is 9. The molecule has 4 rings (SSSR count). The molecule has 0 bridgehead atoms. The quantitative estimate of drug-likeness (QED) is 0.444. The first-order valence-corrected chi connectivity index (χ1v) is 11.1. The summed E-state index contributed by atoms with van der Waals surface area (Å²) in [5, 5.41) is 14.6. The van der Waals surface area contributed by atoms with Crippen LogP contribution in [0.5, 0.6) is 0 Å². The number of carbonyl (C=O) groups is 1. The number of nitro groups is 1. The zero-order valence-corrected chi connectivity index (χ0v) is 17.2. The molecular formula is C19H21N5O6S. The smallest absolute Gasteiger partial charge is 0.293 e. The lowest BCUT2D eigenvalue weighted by Crippen LogP contribution is -2.60. The molecule has 2 aromatic rings. The normalized spacial score (nSPS) is 17.4. The zero-order chi connectivity index (χ0) is 22.0. The van der Waals surface area contributed by atoms with E-state index < -0.39 is 20.9 Å². The van der Waals surface area contributed by atoms with Crippen LogP contribution in [-0.2, 0) is 14.8 Å². The van der Waals surface area contributed by atoms with Crippen LogP contribution in [0.15, 0.2) is 47.6 Å². The van der Waals surface area contributed by atoms with E-state index in [0.29, 0.717) is 18.5 Å². The van der Waals surface area contributed by atoms with E-state index in [2.05, 4.69) is 15.2 Å². The molecule has 3 heterocycles. The Morgan fingerprint density at radius 2 is 2.06 bits per heavy atom. The number of ether oxygens (including phenoxy) is 1. The summed E-state index contributed by atoms with van der Waals surface area (Å²) in [5.74, 6) is -0.522. The van der Waals surface area contributed by atoms with Crippen LogP contribution < -0.4 is 10.0 Å². The summed E-state index contributed by atoms with van der Waals surface area (Å²) < 4.78 is 32.2. The highest BCUT2D eigenvalue weighted by Crippen LogP contribution is 2.29. The van der Waals surface area contributed by atoms with Crippen LogP contribution in [0.2, 0.25) is 0 Å². The van der Waals surface area contributed by atoms with E-state index in [0.717, 1.165) is 32.4 Å². The van der Waals surface area contributed by atoms with Gasteiger partial charge in [0.1, 0.15) is 5.69 Å². The van der Waals surface area contributed by atoms with Crippen molar-refractivity contribution >= 4 is 27.3 Å². The van der Waals surface area contributed by atoms with Gasteiger partial charge in [-0.05, 0) is 24.3 Å². The minimum atomic E-state index is -4.30. The minimum absolute atomic E-state index is 0.0573. The molecule has 2 fully saturated rings. The van der Waals surface area contributed by atoms with E-state index in [1.807, 2.05) is 4.72 Å². The van der Waals surface area contributed by atoms with E-state index in [1.165, 1.54) is 36.7 Å². The predicted molar refractivity (Wildman–Crippen MR) is 110 cm³/mol. The van der Waals surface area contributed by atoms with Gasteiger partial charge < -0.3 is 10.1 Å². The Labute approximate surface area is 178 Å². The lowest BCUT2D eigenvalue weighted by molar-refractivity contribution is -0.384. The maximum atomic E-state index is 12.5. The monoisotopic (exact) mass is 447 g/mol. The highest BCUT2D eigenvalue weighted by Gasteiger charge is 2.36. The van der Waals surface area contributed by atoms with Crippen LogP contribution in [0.1, 0.15) is 10.4 Å². The maximum Gasteiger partial charge on any atom is 0.293 e. The van der Waals surface area contributed by atoms with E-state index in [1.54, 1.807) is 0 Å². The van der Waals surface area contributed by atoms with E-state index in [-0.39, 0.29) is 21.8 Å². The van der Waals surface area contributed by atoms with Crippen molar-refractivity contribution < 1.29 is 22.9 Å². The van der Waals surface area contributed by atoms with Crippen LogP contribution in [0.3, 0.4) is 0 Å². The molecule has 164 valence electrons. The number of likely N-dealkylation sites (tertiary alicyclic amines) is 1. The largest absolute Gasteiger partial charge is 0.379 e. The van der Waals surface area contributed by atoms with Gasteiger partial charge in [0.2, 0.25) is 0 Å². The number of pyridine rings is 1. The Kier molecular flexibility index (Phi) is 5.85. The van der Waals surface area contributed by atoms with Gasteiger partial charge in [-0.15, -0.1) is 0 Å². The topological polar surface area (TPSA) is 144 Å². The maximum absolute atomic E-state index is 12.5. The molecule has 12 heteroatoms. The summed E-state index contributed by atoms with van der Waals surface area (Å²) in [6.07, 6.45) is 2.67. The Bertz CT molecular complexity index is 1080. The van der Waals surface area contributed by atoms with Gasteiger partial charge in [-0.1, -0.05) is 0 Å². The van der Waals surface area contributed by atoms with Crippen molar-refractivity contribution in [1.29, 1.82) is 0 Å². The SMILES string of the molecule is O=C(NS(=O)(=O)c1ccc(NCC2CN(C3COC3)C2)c([N+](=O)[O-])c1)c1cccnc1. The Morgan fingerprint density at radius 3 is 2.68 bits per heavy atom. The second kappa shape index (κ2) is 8.57. The number of nitrogens with one attached hydrogen (secondary N) is 2. The summed E-state index contributed by atoms with van der Waals surface area (Å²) >= 11 is 0. The third kappa shape index (κ3) is 4.65. The van der Waals surface area contributed by atoms with Gasteiger partial charge in [-0.25, -0.2) is 13.1 Å². The van der Waals surface area contributed by atoms with Crippen LogP contribution in [0.4, 0.5) is 11.4 Å². The van der Waals surface area contributed by atoms with Gasteiger partial charge >= 0.3 is 0 Å². The van der Waals surface area contributed by atoms with Gasteiger partial charge in [0.15, 0.2) is 0 Å². The first kappa shape index (κ1) is 21.2. The van der Waals surface area contributed by atoms with Crippen molar-refractivity contribution in [3.05, 3.63) is 58.4 Å². The fourth-order valence-electron chi connectivity index (χ4n) is 3.44. The Morgan fingerprint density at radius 1 is 1.29 bits per heavy atom. The lowest BCUT2D eigenvalue weighted by atomic mass is 9.96. The molecule has 2 N–H and O–H groups in total. The molecular weight excluding hydrogens is 426 g/mol. The summed E-state index contributed by atoms with van der Waals surface area (Å²) in [4.78, 5) is 28.7. The number of nitrogens with zero attached hydrogens (tertiary/aromatic N) is 3. The first-order valence-electron chi connectivity index (χ1n) is 9.65. The van der Waals surface area contributed by atoms with Crippen molar-refractivity contribution in [1.82, 2.24) is 14.6 Å². The van der Waals surface area contributed by atoms with Gasteiger partial charge in [0.05, 0.1) is 34.6 Å². The predicted octanol–water partition coefficient (Wildman–Crippen LogP) is 0.851. The third-order valence-electron chi connectivity index (χ3n) is 5.33. The molecule has 31 heavy (non-hydrogen) atoms. The average Bonchev–Trinajstić information content (AvgIpc) is 2.68. The number of amides is 1. The lowest BCUT2D eigenvalue weighted by Gasteiger charge is -2.47. The van der Waals surface area contributed by atoms with E-state index >= 15 is 0 Å². The first-order chi connectivity index (χ1) is 14.8. The number of anilines is 1. The fourth-order valence-corrected chi connectivity index (χ4v) is 4.44. The van der Waals surface area contributed by atoms with Crippen LogP contribution in [0.25, 0.3) is 0 Å². The number of aromatic nitrogens is 1. The van der Waals surface area contributed by atoms with Crippen LogP contribution in [-0.4, -0.2) is 68.0 Å². The number of nitro benzene ring substituents is 1. The van der Waals surface area contributed by atoms with Gasteiger partial charge in [0, 0.05) is 44.0 Å². The molecule has 0 unspecified atom stereocenters. The van der Waals surface area contributed by atoms with Gasteiger partial charge in [-0.2, -0.15) is 0 Å². The molecule has 2 aliphatic rings. The van der Waals surface area contributed by atoms with Gasteiger partial charge in [0.25, 0.3) is 21.6 Å². The van der Waals surface area contributed by atoms with Crippen molar-refractivity contribution in [3.63, 3.8) is 0 Å². The summed E-state index contributed by atoms with van der Waals surface area (Å²) in [6, 6.07) is 6.89. The Balaban J connectivity index is 1.42. The van der Waals surface area contributed by atoms with Crippen molar-refractivity contribution in [2.45, 2.75) is 10.9 Å². The molecule has 0 atom stereocenters. The minimum Gasteiger partial charge on any atom is -0.379 e. The Hall–Kier alpha value is -3.09. The second-order valence-electron chi connectivity index (χ2n) is 7.50. The molecule has 0 radical (unpaired) electrons. The second-order valence-corrected chi connectivity index (χ2v) is 9.19. The molecule has 2 saturated heterocycles. The average molecular weight is 447 g/mol. The number of hydrogen-bond donors (Lipinski definition) is 2.